The predicted octanol–water partition coefficient (Wildman–Crippen LogP) is 2.78. The van der Waals surface area contributed by atoms with E-state index in [9.17, 15) is 9.18 Å². The number of likely N-dealkylation sites (tertiary alicyclic amines) is 1. The zero-order valence-corrected chi connectivity index (χ0v) is 13.9. The molecular weight excluding hydrogens is 329 g/mol. The zero-order valence-electron chi connectivity index (χ0n) is 13.1. The number of ether oxygens (including phenoxy) is 1. The quantitative estimate of drug-likeness (QED) is 0.779. The fourth-order valence-electron chi connectivity index (χ4n) is 2.55. The van der Waals surface area contributed by atoms with Crippen LogP contribution in [0.3, 0.4) is 0 Å². The van der Waals surface area contributed by atoms with Crippen molar-refractivity contribution in [2.75, 3.05) is 18.8 Å². The van der Waals surface area contributed by atoms with Gasteiger partial charge in [-0.25, -0.2) is 14.4 Å². The van der Waals surface area contributed by atoms with Gasteiger partial charge >= 0.3 is 0 Å². The van der Waals surface area contributed by atoms with Crippen molar-refractivity contribution in [2.45, 2.75) is 23.8 Å². The van der Waals surface area contributed by atoms with Crippen molar-refractivity contribution in [3.8, 4) is 5.88 Å². The Morgan fingerprint density at radius 2 is 2.17 bits per heavy atom. The summed E-state index contributed by atoms with van der Waals surface area (Å²) in [6.45, 7) is 1.30. The minimum atomic E-state index is -0.272. The number of carbonyl (C=O) groups is 1. The van der Waals surface area contributed by atoms with Crippen LogP contribution < -0.4 is 4.74 Å². The fraction of sp³-hybridized carbons (Fsp3) is 0.353. The Labute approximate surface area is 144 Å². The van der Waals surface area contributed by atoms with E-state index >= 15 is 0 Å². The second-order valence-electron chi connectivity index (χ2n) is 5.51. The summed E-state index contributed by atoms with van der Waals surface area (Å²) in [6, 6.07) is 7.89. The van der Waals surface area contributed by atoms with E-state index in [-0.39, 0.29) is 17.8 Å². The normalized spacial score (nSPS) is 17.5. The van der Waals surface area contributed by atoms with Crippen molar-refractivity contribution in [1.82, 2.24) is 14.9 Å². The largest absolute Gasteiger partial charge is 0.472 e. The number of nitrogens with zero attached hydrogens (tertiary/aromatic N) is 3. The molecule has 1 aliphatic heterocycles. The number of hydrogen-bond donors (Lipinski definition) is 0. The van der Waals surface area contributed by atoms with Crippen LogP contribution in [0.4, 0.5) is 4.39 Å². The van der Waals surface area contributed by atoms with Crippen LogP contribution in [0.15, 0.2) is 47.8 Å². The third-order valence-electron chi connectivity index (χ3n) is 3.75. The Morgan fingerprint density at radius 1 is 1.33 bits per heavy atom. The number of halogens is 1. The molecule has 5 nitrogen and oxygen atoms in total. The van der Waals surface area contributed by atoms with Gasteiger partial charge in [0.25, 0.3) is 0 Å². The summed E-state index contributed by atoms with van der Waals surface area (Å²) in [5.74, 6) is 0.669. The molecule has 0 saturated carbocycles. The van der Waals surface area contributed by atoms with Gasteiger partial charge in [-0.2, -0.15) is 0 Å². The van der Waals surface area contributed by atoms with E-state index in [1.807, 2.05) is 4.90 Å². The van der Waals surface area contributed by atoms with Crippen LogP contribution in [-0.4, -0.2) is 45.7 Å². The summed E-state index contributed by atoms with van der Waals surface area (Å²) in [5.41, 5.74) is 0. The highest BCUT2D eigenvalue weighted by molar-refractivity contribution is 8.00. The molecule has 0 spiro atoms. The van der Waals surface area contributed by atoms with E-state index in [0.717, 1.165) is 24.3 Å². The molecule has 0 unspecified atom stereocenters. The van der Waals surface area contributed by atoms with Crippen molar-refractivity contribution in [2.24, 2.45) is 0 Å². The molecule has 24 heavy (non-hydrogen) atoms. The van der Waals surface area contributed by atoms with Crippen molar-refractivity contribution in [1.29, 1.82) is 0 Å². The van der Waals surface area contributed by atoms with Gasteiger partial charge in [-0.05, 0) is 37.1 Å². The van der Waals surface area contributed by atoms with Gasteiger partial charge in [0.05, 0.1) is 12.3 Å². The van der Waals surface area contributed by atoms with E-state index in [1.165, 1.54) is 30.2 Å². The molecule has 2 aromatic rings. The molecule has 3 rings (SSSR count). The first-order chi connectivity index (χ1) is 11.7. The maximum absolute atomic E-state index is 12.9. The minimum absolute atomic E-state index is 0.0478. The van der Waals surface area contributed by atoms with Gasteiger partial charge in [0.1, 0.15) is 18.2 Å². The second kappa shape index (κ2) is 8.10. The summed E-state index contributed by atoms with van der Waals surface area (Å²) in [4.78, 5) is 23.0. The summed E-state index contributed by atoms with van der Waals surface area (Å²) in [5, 5.41) is 0. The van der Waals surface area contributed by atoms with E-state index < -0.39 is 0 Å². The molecule has 0 aliphatic carbocycles. The van der Waals surface area contributed by atoms with Crippen molar-refractivity contribution in [3.05, 3.63) is 48.7 Å². The number of amides is 1. The lowest BCUT2D eigenvalue weighted by atomic mass is 10.1. The molecule has 1 aliphatic rings. The predicted molar refractivity (Wildman–Crippen MR) is 89.4 cm³/mol. The third-order valence-corrected chi connectivity index (χ3v) is 4.75. The summed E-state index contributed by atoms with van der Waals surface area (Å²) in [7, 11) is 0. The maximum Gasteiger partial charge on any atom is 0.233 e. The molecular formula is C17H18FN3O2S. The highest BCUT2D eigenvalue weighted by atomic mass is 32.2. The lowest BCUT2D eigenvalue weighted by molar-refractivity contribution is -0.130. The molecule has 0 radical (unpaired) electrons. The Bertz CT molecular complexity index is 669. The van der Waals surface area contributed by atoms with E-state index in [4.69, 9.17) is 4.74 Å². The van der Waals surface area contributed by atoms with Crippen molar-refractivity contribution >= 4 is 17.7 Å². The van der Waals surface area contributed by atoms with Crippen LogP contribution in [0.5, 0.6) is 5.88 Å². The number of benzene rings is 1. The van der Waals surface area contributed by atoms with Gasteiger partial charge in [0.15, 0.2) is 0 Å². The molecule has 1 fully saturated rings. The summed E-state index contributed by atoms with van der Waals surface area (Å²) in [6.07, 6.45) is 4.84. The van der Waals surface area contributed by atoms with Crippen molar-refractivity contribution in [3.63, 3.8) is 0 Å². The highest BCUT2D eigenvalue weighted by Crippen LogP contribution is 2.21. The van der Waals surface area contributed by atoms with E-state index in [1.54, 1.807) is 24.4 Å². The topological polar surface area (TPSA) is 55.3 Å². The lowest BCUT2D eigenvalue weighted by Gasteiger charge is -2.32. The molecule has 1 aromatic heterocycles. The number of carbonyl (C=O) groups excluding carboxylic acids is 1. The van der Waals surface area contributed by atoms with Gasteiger partial charge in [0, 0.05) is 23.7 Å². The number of hydrogen-bond acceptors (Lipinski definition) is 5. The Morgan fingerprint density at radius 3 is 2.92 bits per heavy atom. The molecule has 2 heterocycles. The van der Waals surface area contributed by atoms with Crippen LogP contribution >= 0.6 is 11.8 Å². The smallest absolute Gasteiger partial charge is 0.233 e. The number of aromatic nitrogens is 2. The van der Waals surface area contributed by atoms with Gasteiger partial charge in [0.2, 0.25) is 11.8 Å². The highest BCUT2D eigenvalue weighted by Gasteiger charge is 2.25. The minimum Gasteiger partial charge on any atom is -0.472 e. The first kappa shape index (κ1) is 16.7. The number of piperidine rings is 1. The third kappa shape index (κ3) is 4.67. The standard InChI is InChI=1S/C17H18FN3O2S/c18-13-3-5-15(6-4-13)24-11-17(22)21-9-1-2-14(10-21)23-16-7-8-19-12-20-16/h3-8,12,14H,1-2,9-11H2/t14-/m0/s1. The Hall–Kier alpha value is -2.15. The van der Waals surface area contributed by atoms with Crippen LogP contribution in [0, 0.1) is 5.82 Å². The van der Waals surface area contributed by atoms with Crippen LogP contribution in [0.25, 0.3) is 0 Å². The fourth-order valence-corrected chi connectivity index (χ4v) is 3.35. The Kier molecular flexibility index (Phi) is 5.63. The first-order valence-electron chi connectivity index (χ1n) is 7.79. The number of thioether (sulfide) groups is 1. The molecule has 1 aromatic carbocycles. The van der Waals surface area contributed by atoms with Gasteiger partial charge < -0.3 is 9.64 Å². The van der Waals surface area contributed by atoms with Gasteiger partial charge in [-0.15, -0.1) is 11.8 Å². The van der Waals surface area contributed by atoms with Gasteiger partial charge in [-0.3, -0.25) is 4.79 Å². The molecule has 1 amide bonds. The molecule has 0 bridgehead atoms. The average molecular weight is 347 g/mol. The van der Waals surface area contributed by atoms with Crippen LogP contribution in [-0.2, 0) is 4.79 Å². The first-order valence-corrected chi connectivity index (χ1v) is 8.78. The van der Waals surface area contributed by atoms with Crippen molar-refractivity contribution < 1.29 is 13.9 Å². The molecule has 7 heteroatoms. The molecule has 0 N–H and O–H groups in total. The summed E-state index contributed by atoms with van der Waals surface area (Å²) < 4.78 is 18.7. The molecule has 126 valence electrons. The summed E-state index contributed by atoms with van der Waals surface area (Å²) >= 11 is 1.42. The van der Waals surface area contributed by atoms with Crippen LogP contribution in [0.2, 0.25) is 0 Å². The molecule has 1 saturated heterocycles. The van der Waals surface area contributed by atoms with Crippen LogP contribution in [0.1, 0.15) is 12.8 Å². The lowest BCUT2D eigenvalue weighted by Crippen LogP contribution is -2.45. The van der Waals surface area contributed by atoms with Gasteiger partial charge in [-0.1, -0.05) is 0 Å². The zero-order chi connectivity index (χ0) is 16.8. The van der Waals surface area contributed by atoms with E-state index in [0.29, 0.717) is 18.2 Å². The number of rotatable bonds is 5. The molecule has 1 atom stereocenters. The Balaban J connectivity index is 1.50. The maximum atomic E-state index is 12.9. The monoisotopic (exact) mass is 347 g/mol. The average Bonchev–Trinajstić information content (AvgIpc) is 2.62. The second-order valence-corrected chi connectivity index (χ2v) is 6.56. The SMILES string of the molecule is O=C(CSc1ccc(F)cc1)N1CCC[C@H](Oc2ccncn2)C1. The van der Waals surface area contributed by atoms with E-state index in [2.05, 4.69) is 9.97 Å².